The molecule has 1 amide bonds. The third-order valence-electron chi connectivity index (χ3n) is 7.09. The number of fused-ring (bicyclic) bond motifs is 1. The third kappa shape index (κ3) is 6.30. The van der Waals surface area contributed by atoms with E-state index in [-0.39, 0.29) is 11.8 Å². The Labute approximate surface area is 236 Å². The summed E-state index contributed by atoms with van der Waals surface area (Å²) in [6.07, 6.45) is 3.23. The van der Waals surface area contributed by atoms with Gasteiger partial charge in [0.15, 0.2) is 23.0 Å². The lowest BCUT2D eigenvalue weighted by molar-refractivity contribution is -0.117. The molecule has 0 bridgehead atoms. The molecule has 1 heterocycles. The lowest BCUT2D eigenvalue weighted by Gasteiger charge is -2.19. The van der Waals surface area contributed by atoms with Crippen LogP contribution in [0.3, 0.4) is 0 Å². The highest BCUT2D eigenvalue weighted by Crippen LogP contribution is 2.37. The number of rotatable bonds is 11. The van der Waals surface area contributed by atoms with Gasteiger partial charge in [-0.05, 0) is 65.6 Å². The Hall–Kier alpha value is -4.26. The van der Waals surface area contributed by atoms with Crippen molar-refractivity contribution in [3.05, 3.63) is 83.2 Å². The molecule has 1 atom stereocenters. The van der Waals surface area contributed by atoms with Gasteiger partial charge in [0.25, 0.3) is 0 Å². The molecule has 7 nitrogen and oxygen atoms in total. The van der Waals surface area contributed by atoms with Gasteiger partial charge in [0, 0.05) is 29.8 Å². The molecule has 0 aliphatic carbocycles. The molecule has 4 aromatic rings. The molecule has 40 heavy (non-hydrogen) atoms. The molecule has 4 rings (SSSR count). The predicted octanol–water partition coefficient (Wildman–Crippen LogP) is 6.80. The Bertz CT molecular complexity index is 1480. The molecule has 0 spiro atoms. The maximum Gasteiger partial charge on any atom is 0.231 e. The first-order valence-electron chi connectivity index (χ1n) is 13.4. The van der Waals surface area contributed by atoms with Crippen LogP contribution in [0.25, 0.3) is 10.8 Å². The summed E-state index contributed by atoms with van der Waals surface area (Å²) in [6, 6.07) is 17.8. The van der Waals surface area contributed by atoms with Crippen molar-refractivity contribution in [2.45, 2.75) is 39.5 Å². The summed E-state index contributed by atoms with van der Waals surface area (Å²) in [5.41, 5.74) is 4.55. The first-order valence-corrected chi connectivity index (χ1v) is 13.4. The van der Waals surface area contributed by atoms with E-state index < -0.39 is 0 Å². The average molecular weight is 543 g/mol. The molecule has 0 radical (unpaired) electrons. The SMILES string of the molecule is COc1cc(Cc2nccc3cc(OC)c(OC)cc23)c(NC(=O)[C@H](C)c2ccc(CC(C)C)cc2)cc1OC. The van der Waals surface area contributed by atoms with Crippen molar-refractivity contribution in [2.24, 2.45) is 5.92 Å². The number of methoxy groups -OCH3 is 4. The van der Waals surface area contributed by atoms with Crippen LogP contribution in [0.4, 0.5) is 5.69 Å². The number of anilines is 1. The van der Waals surface area contributed by atoms with Crippen LogP contribution in [-0.4, -0.2) is 39.3 Å². The van der Waals surface area contributed by atoms with Crippen LogP contribution in [0.5, 0.6) is 23.0 Å². The number of hydrogen-bond acceptors (Lipinski definition) is 6. The minimum absolute atomic E-state index is 0.109. The van der Waals surface area contributed by atoms with E-state index in [0.717, 1.165) is 34.0 Å². The Kier molecular flexibility index (Phi) is 9.15. The van der Waals surface area contributed by atoms with Gasteiger partial charge in [-0.25, -0.2) is 0 Å². The first-order chi connectivity index (χ1) is 19.3. The van der Waals surface area contributed by atoms with Crippen LogP contribution in [0.2, 0.25) is 0 Å². The van der Waals surface area contributed by atoms with Crippen LogP contribution < -0.4 is 24.3 Å². The van der Waals surface area contributed by atoms with Crippen molar-refractivity contribution in [1.82, 2.24) is 4.98 Å². The standard InChI is InChI=1S/C33H38N2O5/c1-20(2)14-22-8-10-23(11-9-22)21(3)33(36)35-27-19-32(40-7)30(38-5)17-25(27)15-28-26-18-31(39-6)29(37-4)16-24(26)12-13-34-28/h8-13,16-21H,14-15H2,1-7H3,(H,35,36)/t21-/m1/s1. The predicted molar refractivity (Wildman–Crippen MR) is 159 cm³/mol. The van der Waals surface area contributed by atoms with Crippen molar-refractivity contribution >= 4 is 22.4 Å². The Morgan fingerprint density at radius 2 is 1.40 bits per heavy atom. The molecule has 0 aliphatic rings. The quantitative estimate of drug-likeness (QED) is 0.225. The van der Waals surface area contributed by atoms with Gasteiger partial charge in [-0.1, -0.05) is 38.1 Å². The van der Waals surface area contributed by atoms with Gasteiger partial charge in [0.1, 0.15) is 0 Å². The highest BCUT2D eigenvalue weighted by atomic mass is 16.5. The van der Waals surface area contributed by atoms with E-state index in [0.29, 0.717) is 41.0 Å². The maximum atomic E-state index is 13.5. The smallest absolute Gasteiger partial charge is 0.231 e. The zero-order valence-corrected chi connectivity index (χ0v) is 24.3. The zero-order chi connectivity index (χ0) is 28.8. The van der Waals surface area contributed by atoms with Crippen LogP contribution in [-0.2, 0) is 17.6 Å². The van der Waals surface area contributed by atoms with Gasteiger partial charge >= 0.3 is 0 Å². The van der Waals surface area contributed by atoms with E-state index in [1.54, 1.807) is 40.7 Å². The van der Waals surface area contributed by atoms with Gasteiger partial charge in [-0.15, -0.1) is 0 Å². The molecule has 0 fully saturated rings. The maximum absolute atomic E-state index is 13.5. The molecule has 210 valence electrons. The highest BCUT2D eigenvalue weighted by Gasteiger charge is 2.20. The number of benzene rings is 3. The van der Waals surface area contributed by atoms with Gasteiger partial charge in [0.05, 0.1) is 40.1 Å². The van der Waals surface area contributed by atoms with E-state index in [1.807, 2.05) is 43.3 Å². The van der Waals surface area contributed by atoms with Crippen LogP contribution in [0, 0.1) is 5.92 Å². The normalized spacial score (nSPS) is 11.8. The number of carbonyl (C=O) groups is 1. The summed E-state index contributed by atoms with van der Waals surface area (Å²) in [5, 5.41) is 5.05. The summed E-state index contributed by atoms with van der Waals surface area (Å²) in [7, 11) is 6.40. The number of pyridine rings is 1. The molecule has 0 saturated carbocycles. The fraction of sp³-hybridized carbons (Fsp3) is 0.333. The third-order valence-corrected chi connectivity index (χ3v) is 7.09. The average Bonchev–Trinajstić information content (AvgIpc) is 2.96. The number of aromatic nitrogens is 1. The minimum Gasteiger partial charge on any atom is -0.493 e. The Morgan fingerprint density at radius 1 is 0.800 bits per heavy atom. The van der Waals surface area contributed by atoms with Crippen molar-refractivity contribution in [1.29, 1.82) is 0 Å². The minimum atomic E-state index is -0.346. The van der Waals surface area contributed by atoms with E-state index in [2.05, 4.69) is 36.3 Å². The second-order valence-corrected chi connectivity index (χ2v) is 10.3. The van der Waals surface area contributed by atoms with Gasteiger partial charge in [0.2, 0.25) is 5.91 Å². The molecule has 1 N–H and O–H groups in total. The number of nitrogens with one attached hydrogen (secondary N) is 1. The fourth-order valence-corrected chi connectivity index (χ4v) is 4.87. The number of carbonyl (C=O) groups excluding carboxylic acids is 1. The summed E-state index contributed by atoms with van der Waals surface area (Å²) in [5.74, 6) is 2.50. The summed E-state index contributed by atoms with van der Waals surface area (Å²) < 4.78 is 22.2. The number of ether oxygens (including phenoxy) is 4. The Morgan fingerprint density at radius 3 is 2.02 bits per heavy atom. The van der Waals surface area contributed by atoms with Crippen molar-refractivity contribution in [3.63, 3.8) is 0 Å². The molecule has 7 heteroatoms. The number of hydrogen-bond donors (Lipinski definition) is 1. The molecular weight excluding hydrogens is 504 g/mol. The van der Waals surface area contributed by atoms with Gasteiger partial charge in [-0.3, -0.25) is 9.78 Å². The molecule has 3 aromatic carbocycles. The molecular formula is C33H38N2O5. The second kappa shape index (κ2) is 12.7. The van der Waals surface area contributed by atoms with E-state index in [4.69, 9.17) is 18.9 Å². The molecule has 1 aromatic heterocycles. The van der Waals surface area contributed by atoms with Crippen LogP contribution >= 0.6 is 0 Å². The molecule has 0 unspecified atom stereocenters. The fourth-order valence-electron chi connectivity index (χ4n) is 4.87. The van der Waals surface area contributed by atoms with Crippen LogP contribution in [0.1, 0.15) is 49.1 Å². The summed E-state index contributed by atoms with van der Waals surface area (Å²) in [6.45, 7) is 6.32. The molecule has 0 saturated heterocycles. The summed E-state index contributed by atoms with van der Waals surface area (Å²) in [4.78, 5) is 18.2. The number of amides is 1. The van der Waals surface area contributed by atoms with Crippen molar-refractivity contribution in [2.75, 3.05) is 33.8 Å². The Balaban J connectivity index is 1.68. The first kappa shape index (κ1) is 28.7. The van der Waals surface area contributed by atoms with Gasteiger partial charge in [-0.2, -0.15) is 0 Å². The molecule has 0 aliphatic heterocycles. The van der Waals surface area contributed by atoms with Gasteiger partial charge < -0.3 is 24.3 Å². The van der Waals surface area contributed by atoms with Crippen molar-refractivity contribution < 1.29 is 23.7 Å². The van der Waals surface area contributed by atoms with Crippen molar-refractivity contribution in [3.8, 4) is 23.0 Å². The van der Waals surface area contributed by atoms with Crippen LogP contribution in [0.15, 0.2) is 60.8 Å². The van der Waals surface area contributed by atoms with E-state index >= 15 is 0 Å². The zero-order valence-electron chi connectivity index (χ0n) is 24.3. The second-order valence-electron chi connectivity index (χ2n) is 10.3. The lowest BCUT2D eigenvalue weighted by atomic mass is 9.96. The highest BCUT2D eigenvalue weighted by molar-refractivity contribution is 5.97. The van der Waals surface area contributed by atoms with E-state index in [9.17, 15) is 4.79 Å². The number of nitrogens with zero attached hydrogens (tertiary/aromatic N) is 1. The topological polar surface area (TPSA) is 78.9 Å². The monoisotopic (exact) mass is 542 g/mol. The largest absolute Gasteiger partial charge is 0.493 e. The lowest BCUT2D eigenvalue weighted by Crippen LogP contribution is -2.20. The summed E-state index contributed by atoms with van der Waals surface area (Å²) >= 11 is 0. The van der Waals surface area contributed by atoms with E-state index in [1.165, 1.54) is 5.56 Å².